The van der Waals surface area contributed by atoms with Crippen LogP contribution in [0.25, 0.3) is 0 Å². The van der Waals surface area contributed by atoms with Crippen molar-refractivity contribution >= 4 is 59.2 Å². The molecule has 5 rings (SSSR count). The van der Waals surface area contributed by atoms with Crippen LogP contribution in [0.4, 0.5) is 0 Å². The van der Waals surface area contributed by atoms with Crippen LogP contribution in [0.1, 0.15) is 143 Å². The number of carbonyl (C=O) groups is 6. The second-order valence-corrected chi connectivity index (χ2v) is 19.0. The number of hydrogen-bond acceptors (Lipinski definition) is 14. The lowest BCUT2D eigenvalue weighted by molar-refractivity contribution is -0.238. The number of nitrogens with one attached hydrogen (secondary N) is 2. The van der Waals surface area contributed by atoms with Gasteiger partial charge in [-0.05, 0) is 65.2 Å². The molecule has 0 aromatic rings. The van der Waals surface area contributed by atoms with Gasteiger partial charge in [0.15, 0.2) is 11.1 Å². The zero-order valence-electron chi connectivity index (χ0n) is 37.8. The Labute approximate surface area is 378 Å². The van der Waals surface area contributed by atoms with E-state index in [1.807, 2.05) is 31.2 Å². The molecule has 0 saturated carbocycles. The molecule has 5 aliphatic rings. The Morgan fingerprint density at radius 3 is 1.79 bits per heavy atom. The van der Waals surface area contributed by atoms with Crippen LogP contribution in [0.2, 0.25) is 0 Å². The van der Waals surface area contributed by atoms with Crippen LogP contribution in [0.15, 0.2) is 24.3 Å². The maximum absolute atomic E-state index is 13.5. The molecule has 3 heterocycles. The Balaban J connectivity index is 0.000000292. The van der Waals surface area contributed by atoms with Crippen molar-refractivity contribution in [3.8, 4) is 0 Å². The summed E-state index contributed by atoms with van der Waals surface area (Å²) in [7, 11) is 2.65. The predicted molar refractivity (Wildman–Crippen MR) is 241 cm³/mol. The van der Waals surface area contributed by atoms with Crippen molar-refractivity contribution in [2.75, 3.05) is 25.7 Å². The Morgan fingerprint density at radius 2 is 1.32 bits per heavy atom. The minimum Gasteiger partial charge on any atom is -0.469 e. The Kier molecular flexibility index (Phi) is 21.5. The van der Waals surface area contributed by atoms with Crippen molar-refractivity contribution in [1.29, 1.82) is 0 Å². The van der Waals surface area contributed by atoms with E-state index in [2.05, 4.69) is 46.6 Å². The van der Waals surface area contributed by atoms with Gasteiger partial charge in [-0.1, -0.05) is 101 Å². The first-order valence-corrected chi connectivity index (χ1v) is 24.3. The molecular weight excluding hydrogens is 837 g/mol. The number of thiol groups is 1. The molecular formula is C46H74N2O12S2. The molecule has 5 N–H and O–H groups in total. The molecule has 3 fully saturated rings. The van der Waals surface area contributed by atoms with Gasteiger partial charge in [-0.2, -0.15) is 12.6 Å². The number of fused-ring (bicyclic) bond motifs is 1. The third-order valence-corrected chi connectivity index (χ3v) is 14.6. The summed E-state index contributed by atoms with van der Waals surface area (Å²) in [5, 5.41) is 39.0. The number of allylic oxidation sites excluding steroid dienone is 2. The molecule has 0 bridgehead atoms. The number of ether oxygens (including phenoxy) is 3. The molecule has 10 atom stereocenters. The molecule has 3 saturated heterocycles. The number of thioether (sulfide) groups is 1. The molecule has 352 valence electrons. The number of esters is 3. The zero-order chi connectivity index (χ0) is 46.1. The first-order chi connectivity index (χ1) is 29.5. The summed E-state index contributed by atoms with van der Waals surface area (Å²) in [4.78, 5) is 72.9. The molecule has 3 aliphatic heterocycles. The molecule has 62 heavy (non-hydrogen) atoms. The number of hydrogen-bond donors (Lipinski definition) is 6. The summed E-state index contributed by atoms with van der Waals surface area (Å²) in [5.41, 5.74) is -5.78. The monoisotopic (exact) mass is 910 g/mol. The fourth-order valence-corrected chi connectivity index (χ4v) is 10.8. The molecule has 2 amide bonds. The van der Waals surface area contributed by atoms with E-state index in [1.54, 1.807) is 0 Å². The number of amides is 2. The average Bonchev–Trinajstić information content (AvgIpc) is 3.58. The minimum atomic E-state index is -1.83. The predicted octanol–water partition coefficient (Wildman–Crippen LogP) is 5.69. The van der Waals surface area contributed by atoms with E-state index in [4.69, 9.17) is 4.74 Å². The highest BCUT2D eigenvalue weighted by atomic mass is 32.2. The number of unbranched alkanes of at least 4 members (excludes halogenated alkanes) is 6. The summed E-state index contributed by atoms with van der Waals surface area (Å²) in [6.07, 6.45) is 20.6. The fourth-order valence-electron chi connectivity index (χ4n) is 9.59. The highest BCUT2D eigenvalue weighted by Gasteiger charge is 2.79. The van der Waals surface area contributed by atoms with Gasteiger partial charge in [0.05, 0.1) is 51.1 Å². The standard InChI is InChI=1S/C23H37NO6S.C19H29NO4.C4H8O2S/c1-4-5-6-10-13-17-20(27)24-23(22(17,2)29,19(26)16-11-8-7-9-12-16)21(28)31-15-14-18(25)30-3;1-3-4-5-9-12-14-16(22)20-19(17(23)24-18(14,19)2)15(21)13-10-7-6-8-11-13;1-6-4(5)2-3-7/h8,11,16-17,19,26,29H,4-7,9-10,12-15H2,1-3H3,(H,24,27);7,10,13-15,21H,3-6,8-9,11-12H2,1-2H3,(H,20,22);7H,2-3H2,1H3/t16-,17+,19+,22+,23+;13-,14+,15+,18+,19+;/m11./s1. The van der Waals surface area contributed by atoms with Gasteiger partial charge in [0.2, 0.25) is 22.5 Å². The maximum atomic E-state index is 13.5. The molecule has 0 aromatic carbocycles. The third-order valence-electron chi connectivity index (χ3n) is 13.4. The third kappa shape index (κ3) is 11.9. The van der Waals surface area contributed by atoms with Gasteiger partial charge in [0, 0.05) is 23.3 Å². The quantitative estimate of drug-likeness (QED) is 0.0285. The number of rotatable bonds is 20. The normalized spacial score (nSPS) is 31.7. The lowest BCUT2D eigenvalue weighted by atomic mass is 9.64. The minimum absolute atomic E-state index is 0.0267. The number of methoxy groups -OCH3 is 2. The van der Waals surface area contributed by atoms with Gasteiger partial charge < -0.3 is 40.2 Å². The summed E-state index contributed by atoms with van der Waals surface area (Å²) in [6.45, 7) is 7.55. The lowest BCUT2D eigenvalue weighted by Gasteiger charge is -2.54. The second-order valence-electron chi connectivity index (χ2n) is 17.5. The Hall–Kier alpha value is -2.92. The van der Waals surface area contributed by atoms with Crippen LogP contribution in [0.5, 0.6) is 0 Å². The van der Waals surface area contributed by atoms with Gasteiger partial charge >= 0.3 is 17.9 Å². The van der Waals surface area contributed by atoms with E-state index in [-0.39, 0.29) is 41.8 Å². The molecule has 0 radical (unpaired) electrons. The van der Waals surface area contributed by atoms with Gasteiger partial charge in [-0.25, -0.2) is 4.79 Å². The maximum Gasteiger partial charge on any atom is 0.339 e. The molecule has 14 nitrogen and oxygen atoms in total. The highest BCUT2D eigenvalue weighted by molar-refractivity contribution is 8.13. The van der Waals surface area contributed by atoms with Crippen LogP contribution in [-0.4, -0.2) is 110 Å². The summed E-state index contributed by atoms with van der Waals surface area (Å²) in [5.74, 6) is -2.57. The largest absolute Gasteiger partial charge is 0.469 e. The van der Waals surface area contributed by atoms with Crippen molar-refractivity contribution in [2.45, 2.75) is 178 Å². The fraction of sp³-hybridized carbons (Fsp3) is 0.783. The van der Waals surface area contributed by atoms with Crippen molar-refractivity contribution in [2.24, 2.45) is 23.7 Å². The van der Waals surface area contributed by atoms with E-state index >= 15 is 0 Å². The first kappa shape index (κ1) is 53.4. The number of aliphatic hydroxyl groups excluding tert-OH is 2. The smallest absolute Gasteiger partial charge is 0.339 e. The SMILES string of the molecule is CCCCCC[C@H]1C(=O)N[C@@]2([C@@H](O)[C@@H]3C=CCCC3)C(=O)O[C@@]12C.CCCCCC[C@H]1C(=O)N[C@](C(=O)SCCC(=O)OC)([C@@H](O)[C@@H]2C=CCCC2)[C@@]1(C)O.COC(=O)CCS. The van der Waals surface area contributed by atoms with E-state index in [1.165, 1.54) is 21.1 Å². The van der Waals surface area contributed by atoms with Crippen LogP contribution in [0, 0.1) is 23.7 Å². The molecule has 0 unspecified atom stereocenters. The molecule has 2 aliphatic carbocycles. The van der Waals surface area contributed by atoms with Crippen LogP contribution < -0.4 is 10.6 Å². The van der Waals surface area contributed by atoms with Gasteiger partial charge in [0.1, 0.15) is 5.60 Å². The number of carbonyl (C=O) groups excluding carboxylic acids is 6. The summed E-state index contributed by atoms with van der Waals surface area (Å²) < 4.78 is 14.4. The van der Waals surface area contributed by atoms with E-state index in [9.17, 15) is 44.1 Å². The molecule has 16 heteroatoms. The Morgan fingerprint density at radius 1 is 0.806 bits per heavy atom. The van der Waals surface area contributed by atoms with Gasteiger partial charge in [-0.3, -0.25) is 24.0 Å². The van der Waals surface area contributed by atoms with Gasteiger partial charge in [-0.15, -0.1) is 0 Å². The van der Waals surface area contributed by atoms with E-state index in [0.717, 1.165) is 95.2 Å². The van der Waals surface area contributed by atoms with Crippen molar-refractivity contribution in [3.63, 3.8) is 0 Å². The zero-order valence-corrected chi connectivity index (χ0v) is 39.5. The summed E-state index contributed by atoms with van der Waals surface area (Å²) >= 11 is 4.66. The van der Waals surface area contributed by atoms with E-state index < -0.39 is 63.4 Å². The lowest BCUT2D eigenvalue weighted by Crippen LogP contribution is -2.80. The van der Waals surface area contributed by atoms with Crippen molar-refractivity contribution in [3.05, 3.63) is 24.3 Å². The van der Waals surface area contributed by atoms with Crippen LogP contribution >= 0.6 is 24.4 Å². The second kappa shape index (κ2) is 25.0. The summed E-state index contributed by atoms with van der Waals surface area (Å²) in [6, 6.07) is 0. The average molecular weight is 911 g/mol. The first-order valence-electron chi connectivity index (χ1n) is 22.7. The molecule has 0 spiro atoms. The number of aliphatic hydroxyl groups is 3. The van der Waals surface area contributed by atoms with Crippen molar-refractivity contribution in [1.82, 2.24) is 10.6 Å². The van der Waals surface area contributed by atoms with Gasteiger partial charge in [0.25, 0.3) is 0 Å². The Bertz CT molecular complexity index is 1590. The topological polar surface area (TPSA) is 215 Å². The molecule has 0 aromatic heterocycles. The van der Waals surface area contributed by atoms with E-state index in [0.29, 0.717) is 31.4 Å². The van der Waals surface area contributed by atoms with Crippen molar-refractivity contribution < 1.29 is 58.3 Å². The van der Waals surface area contributed by atoms with Crippen LogP contribution in [0.3, 0.4) is 0 Å². The highest BCUT2D eigenvalue weighted by Crippen LogP contribution is 2.54. The van der Waals surface area contributed by atoms with Crippen LogP contribution in [-0.2, 0) is 43.0 Å².